The highest BCUT2D eigenvalue weighted by Crippen LogP contribution is 2.29. The first-order valence-corrected chi connectivity index (χ1v) is 10.8. The smallest absolute Gasteiger partial charge is 0.317 e. The highest BCUT2D eigenvalue weighted by molar-refractivity contribution is 5.75. The molecule has 2 fully saturated rings. The van der Waals surface area contributed by atoms with E-state index in [2.05, 4.69) is 53.3 Å². The maximum Gasteiger partial charge on any atom is 0.317 e. The Hall–Kier alpha value is -2.40. The Balaban J connectivity index is 1.37. The van der Waals surface area contributed by atoms with Crippen LogP contribution in [-0.2, 0) is 0 Å². The van der Waals surface area contributed by atoms with Crippen LogP contribution in [0.4, 0.5) is 4.79 Å². The van der Waals surface area contributed by atoms with Crippen molar-refractivity contribution in [2.24, 2.45) is 5.92 Å². The predicted molar refractivity (Wildman–Crippen MR) is 116 cm³/mol. The molecule has 29 heavy (non-hydrogen) atoms. The number of carbonyl (C=O) groups excluding carboxylic acids is 1. The van der Waals surface area contributed by atoms with Crippen LogP contribution >= 0.6 is 0 Å². The molecule has 1 aromatic carbocycles. The number of nitrogens with one attached hydrogen (secondary N) is 1. The summed E-state index contributed by atoms with van der Waals surface area (Å²) in [6.45, 7) is 8.86. The third-order valence-electron chi connectivity index (χ3n) is 6.53. The molecule has 154 valence electrons. The van der Waals surface area contributed by atoms with Crippen LogP contribution in [-0.4, -0.2) is 53.5 Å². The van der Waals surface area contributed by atoms with Gasteiger partial charge in [0.15, 0.2) is 0 Å². The van der Waals surface area contributed by atoms with Gasteiger partial charge in [-0.1, -0.05) is 37.3 Å². The lowest BCUT2D eigenvalue weighted by molar-refractivity contribution is 0.124. The largest absolute Gasteiger partial charge is 0.336 e. The average Bonchev–Trinajstić information content (AvgIpc) is 2.70. The number of aryl methyl sites for hydroxylation is 1. The van der Waals surface area contributed by atoms with Crippen molar-refractivity contribution in [3.63, 3.8) is 0 Å². The van der Waals surface area contributed by atoms with Gasteiger partial charge in [0.2, 0.25) is 0 Å². The Bertz CT molecular complexity index is 811. The SMILES string of the molecule is Cc1ccccc1[C@H](CNC(=O)N1CC(c2ccccn2)C1)N1CCC(C)CC1. The maximum absolute atomic E-state index is 12.7. The topological polar surface area (TPSA) is 48.5 Å². The lowest BCUT2D eigenvalue weighted by Crippen LogP contribution is -2.54. The predicted octanol–water partition coefficient (Wildman–Crippen LogP) is 3.97. The van der Waals surface area contributed by atoms with E-state index in [1.807, 2.05) is 29.3 Å². The van der Waals surface area contributed by atoms with Gasteiger partial charge in [0.1, 0.15) is 0 Å². The summed E-state index contributed by atoms with van der Waals surface area (Å²) in [4.78, 5) is 21.6. The van der Waals surface area contributed by atoms with Crippen molar-refractivity contribution < 1.29 is 4.79 Å². The Morgan fingerprint density at radius 1 is 1.14 bits per heavy atom. The van der Waals surface area contributed by atoms with E-state index >= 15 is 0 Å². The van der Waals surface area contributed by atoms with Crippen molar-refractivity contribution in [3.8, 4) is 0 Å². The van der Waals surface area contributed by atoms with E-state index in [1.54, 1.807) is 0 Å². The van der Waals surface area contributed by atoms with Gasteiger partial charge in [-0.3, -0.25) is 9.88 Å². The number of benzene rings is 1. The van der Waals surface area contributed by atoms with Crippen molar-refractivity contribution in [2.75, 3.05) is 32.7 Å². The second-order valence-electron chi connectivity index (χ2n) is 8.63. The minimum Gasteiger partial charge on any atom is -0.336 e. The van der Waals surface area contributed by atoms with E-state index in [9.17, 15) is 4.79 Å². The lowest BCUT2D eigenvalue weighted by atomic mass is 9.94. The summed E-state index contributed by atoms with van der Waals surface area (Å²) in [7, 11) is 0. The Kier molecular flexibility index (Phi) is 6.14. The molecule has 0 bridgehead atoms. The minimum atomic E-state index is 0.0427. The fourth-order valence-electron chi connectivity index (χ4n) is 4.48. The molecule has 5 heteroatoms. The van der Waals surface area contributed by atoms with Crippen LogP contribution in [0.25, 0.3) is 0 Å². The molecule has 2 aliphatic rings. The third kappa shape index (κ3) is 4.61. The zero-order valence-corrected chi connectivity index (χ0v) is 17.6. The second-order valence-corrected chi connectivity index (χ2v) is 8.63. The standard InChI is InChI=1S/C24H32N4O/c1-18-10-13-27(14-11-18)23(21-8-4-3-7-19(21)2)15-26-24(29)28-16-20(17-28)22-9-5-6-12-25-22/h3-9,12,18,20,23H,10-11,13-17H2,1-2H3,(H,26,29)/t23-/m0/s1. The minimum absolute atomic E-state index is 0.0427. The summed E-state index contributed by atoms with van der Waals surface area (Å²) in [6, 6.07) is 14.8. The summed E-state index contributed by atoms with van der Waals surface area (Å²) in [5.74, 6) is 1.15. The number of piperidine rings is 1. The molecular weight excluding hydrogens is 360 g/mol. The quantitative estimate of drug-likeness (QED) is 0.838. The van der Waals surface area contributed by atoms with Gasteiger partial charge in [0.05, 0.1) is 6.04 Å². The van der Waals surface area contributed by atoms with Crippen LogP contribution in [0.15, 0.2) is 48.7 Å². The van der Waals surface area contributed by atoms with E-state index in [1.165, 1.54) is 24.0 Å². The lowest BCUT2D eigenvalue weighted by Gasteiger charge is -2.40. The van der Waals surface area contributed by atoms with Gasteiger partial charge in [-0.2, -0.15) is 0 Å². The average molecular weight is 393 g/mol. The van der Waals surface area contributed by atoms with Crippen LogP contribution in [0.5, 0.6) is 0 Å². The van der Waals surface area contributed by atoms with Gasteiger partial charge in [-0.15, -0.1) is 0 Å². The van der Waals surface area contributed by atoms with Gasteiger partial charge in [0.25, 0.3) is 0 Å². The Morgan fingerprint density at radius 2 is 1.86 bits per heavy atom. The number of carbonyl (C=O) groups is 1. The number of pyridine rings is 1. The monoisotopic (exact) mass is 392 g/mol. The van der Waals surface area contributed by atoms with Gasteiger partial charge < -0.3 is 10.2 Å². The molecule has 0 unspecified atom stereocenters. The Labute approximate surface area is 174 Å². The van der Waals surface area contributed by atoms with Crippen molar-refractivity contribution >= 4 is 6.03 Å². The molecule has 2 aliphatic heterocycles. The van der Waals surface area contributed by atoms with E-state index < -0.39 is 0 Å². The van der Waals surface area contributed by atoms with E-state index in [0.717, 1.165) is 37.8 Å². The molecular formula is C24H32N4O. The van der Waals surface area contributed by atoms with Gasteiger partial charge >= 0.3 is 6.03 Å². The summed E-state index contributed by atoms with van der Waals surface area (Å²) < 4.78 is 0. The zero-order valence-electron chi connectivity index (χ0n) is 17.6. The molecule has 4 rings (SSSR count). The summed E-state index contributed by atoms with van der Waals surface area (Å²) in [5, 5.41) is 3.22. The summed E-state index contributed by atoms with van der Waals surface area (Å²) in [6.07, 6.45) is 4.28. The highest BCUT2D eigenvalue weighted by Gasteiger charge is 2.33. The molecule has 2 amide bonds. The van der Waals surface area contributed by atoms with E-state index in [4.69, 9.17) is 0 Å². The third-order valence-corrected chi connectivity index (χ3v) is 6.53. The van der Waals surface area contributed by atoms with Gasteiger partial charge in [0, 0.05) is 37.4 Å². The molecule has 5 nitrogen and oxygen atoms in total. The second kappa shape index (κ2) is 8.95. The molecule has 0 saturated carbocycles. The van der Waals surface area contributed by atoms with E-state index in [-0.39, 0.29) is 12.1 Å². The number of amides is 2. The Morgan fingerprint density at radius 3 is 2.55 bits per heavy atom. The van der Waals surface area contributed by atoms with E-state index in [0.29, 0.717) is 12.5 Å². The van der Waals surface area contributed by atoms with Crippen LogP contribution in [0, 0.1) is 12.8 Å². The van der Waals surface area contributed by atoms with Crippen LogP contribution in [0.2, 0.25) is 0 Å². The van der Waals surface area contributed by atoms with Gasteiger partial charge in [-0.05, 0) is 62.0 Å². The first-order valence-electron chi connectivity index (χ1n) is 10.8. The molecule has 1 aromatic heterocycles. The molecule has 1 atom stereocenters. The molecule has 3 heterocycles. The maximum atomic E-state index is 12.7. The summed E-state index contributed by atoms with van der Waals surface area (Å²) >= 11 is 0. The molecule has 1 N–H and O–H groups in total. The van der Waals surface area contributed by atoms with Gasteiger partial charge in [-0.25, -0.2) is 4.79 Å². The number of likely N-dealkylation sites (tertiary alicyclic amines) is 2. The molecule has 0 radical (unpaired) electrons. The normalized spacial score (nSPS) is 19.6. The summed E-state index contributed by atoms with van der Waals surface area (Å²) in [5.41, 5.74) is 3.71. The molecule has 2 saturated heterocycles. The van der Waals surface area contributed by atoms with Crippen LogP contribution < -0.4 is 5.32 Å². The molecule has 0 aliphatic carbocycles. The van der Waals surface area contributed by atoms with Crippen molar-refractivity contribution in [1.82, 2.24) is 20.1 Å². The number of rotatable bonds is 5. The van der Waals surface area contributed by atoms with Crippen molar-refractivity contribution in [2.45, 2.75) is 38.6 Å². The number of urea groups is 1. The zero-order chi connectivity index (χ0) is 20.2. The van der Waals surface area contributed by atoms with Crippen LogP contribution in [0.3, 0.4) is 0 Å². The van der Waals surface area contributed by atoms with Crippen LogP contribution in [0.1, 0.15) is 48.5 Å². The fraction of sp³-hybridized carbons (Fsp3) is 0.500. The number of aromatic nitrogens is 1. The highest BCUT2D eigenvalue weighted by atomic mass is 16.2. The number of hydrogen-bond donors (Lipinski definition) is 1. The number of nitrogens with zero attached hydrogens (tertiary/aromatic N) is 3. The number of hydrogen-bond acceptors (Lipinski definition) is 3. The van der Waals surface area contributed by atoms with Crippen molar-refractivity contribution in [1.29, 1.82) is 0 Å². The molecule has 2 aromatic rings. The van der Waals surface area contributed by atoms with Crippen molar-refractivity contribution in [3.05, 3.63) is 65.5 Å². The first kappa shape index (κ1) is 19.9. The first-order chi connectivity index (χ1) is 14.1. The fourth-order valence-corrected chi connectivity index (χ4v) is 4.48. The molecule has 0 spiro atoms.